The zero-order valence-electron chi connectivity index (χ0n) is 9.76. The van der Waals surface area contributed by atoms with Gasteiger partial charge in [0.15, 0.2) is 5.82 Å². The molecule has 0 spiro atoms. The number of anilines is 1. The van der Waals surface area contributed by atoms with Gasteiger partial charge in [0.05, 0.1) is 13.2 Å². The van der Waals surface area contributed by atoms with Crippen LogP contribution in [0.3, 0.4) is 0 Å². The van der Waals surface area contributed by atoms with Gasteiger partial charge in [-0.25, -0.2) is 4.98 Å². The molecule has 0 aliphatic carbocycles. The minimum Gasteiger partial charge on any atom is -0.378 e. The summed E-state index contributed by atoms with van der Waals surface area (Å²) in [4.78, 5) is 4.22. The van der Waals surface area contributed by atoms with Crippen molar-refractivity contribution in [3.05, 3.63) is 18.2 Å². The van der Waals surface area contributed by atoms with E-state index in [0.717, 1.165) is 11.5 Å². The van der Waals surface area contributed by atoms with Crippen LogP contribution >= 0.6 is 0 Å². The third-order valence-electron chi connectivity index (χ3n) is 2.30. The molecule has 3 N–H and O–H groups in total. The molecule has 0 atom stereocenters. The third kappa shape index (κ3) is 2.69. The summed E-state index contributed by atoms with van der Waals surface area (Å²) in [5.74, 6) is 1.55. The van der Waals surface area contributed by atoms with Gasteiger partial charge in [-0.3, -0.25) is 4.40 Å². The second-order valence-corrected chi connectivity index (χ2v) is 3.54. The van der Waals surface area contributed by atoms with E-state index in [9.17, 15) is 0 Å². The first kappa shape index (κ1) is 11.7. The van der Waals surface area contributed by atoms with Crippen LogP contribution < -0.4 is 11.1 Å². The van der Waals surface area contributed by atoms with Gasteiger partial charge in [-0.05, 0) is 6.92 Å². The maximum atomic E-state index is 5.32. The third-order valence-corrected chi connectivity index (χ3v) is 2.30. The molecule has 2 aromatic heterocycles. The van der Waals surface area contributed by atoms with E-state index in [2.05, 4.69) is 20.5 Å². The number of fused-ring (bicyclic) bond motifs is 1. The summed E-state index contributed by atoms with van der Waals surface area (Å²) in [6.07, 6.45) is 3.55. The van der Waals surface area contributed by atoms with Crippen LogP contribution in [0.2, 0.25) is 0 Å². The van der Waals surface area contributed by atoms with Gasteiger partial charge < -0.3 is 15.8 Å². The molecule has 0 bridgehead atoms. The SMILES string of the molecule is Cc1nnc2c(NCCOCCN)nccn12. The Balaban J connectivity index is 1.99. The second-order valence-electron chi connectivity index (χ2n) is 3.54. The Labute approximate surface area is 99.0 Å². The molecule has 0 saturated carbocycles. The van der Waals surface area contributed by atoms with Crippen LogP contribution in [-0.4, -0.2) is 45.9 Å². The number of aryl methyl sites for hydroxylation is 1. The van der Waals surface area contributed by atoms with Gasteiger partial charge in [-0.15, -0.1) is 10.2 Å². The lowest BCUT2D eigenvalue weighted by molar-refractivity contribution is 0.151. The number of rotatable bonds is 6. The van der Waals surface area contributed by atoms with E-state index in [-0.39, 0.29) is 0 Å². The first-order chi connectivity index (χ1) is 8.33. The fourth-order valence-corrected chi connectivity index (χ4v) is 1.49. The molecule has 17 heavy (non-hydrogen) atoms. The Morgan fingerprint density at radius 2 is 2.29 bits per heavy atom. The van der Waals surface area contributed by atoms with Gasteiger partial charge in [-0.2, -0.15) is 0 Å². The van der Waals surface area contributed by atoms with Crippen molar-refractivity contribution in [1.29, 1.82) is 0 Å². The number of aromatic nitrogens is 4. The van der Waals surface area contributed by atoms with Crippen molar-refractivity contribution in [1.82, 2.24) is 19.6 Å². The van der Waals surface area contributed by atoms with E-state index < -0.39 is 0 Å². The maximum Gasteiger partial charge on any atom is 0.203 e. The lowest BCUT2D eigenvalue weighted by Crippen LogP contribution is -2.15. The number of hydrogen-bond acceptors (Lipinski definition) is 6. The molecule has 92 valence electrons. The number of nitrogens with one attached hydrogen (secondary N) is 1. The van der Waals surface area contributed by atoms with Crippen molar-refractivity contribution in [2.24, 2.45) is 5.73 Å². The zero-order valence-corrected chi connectivity index (χ0v) is 9.76. The van der Waals surface area contributed by atoms with E-state index in [1.807, 2.05) is 17.5 Å². The molecular formula is C10H16N6O. The Bertz CT molecular complexity index is 483. The van der Waals surface area contributed by atoms with Gasteiger partial charge in [0, 0.05) is 25.5 Å². The second kappa shape index (κ2) is 5.55. The van der Waals surface area contributed by atoms with E-state index in [1.165, 1.54) is 0 Å². The standard InChI is InChI=1S/C10H16N6O/c1-8-14-15-10-9(12-3-5-16(8)10)13-4-7-17-6-2-11/h3,5H,2,4,6-7,11H2,1H3,(H,12,13). The zero-order chi connectivity index (χ0) is 12.1. The van der Waals surface area contributed by atoms with Crippen molar-refractivity contribution < 1.29 is 4.74 Å². The number of ether oxygens (including phenoxy) is 1. The molecule has 0 aliphatic rings. The van der Waals surface area contributed by atoms with Crippen LogP contribution in [0.5, 0.6) is 0 Å². The maximum absolute atomic E-state index is 5.32. The van der Waals surface area contributed by atoms with Gasteiger partial charge >= 0.3 is 0 Å². The lowest BCUT2D eigenvalue weighted by atomic mass is 10.5. The van der Waals surface area contributed by atoms with Crippen LogP contribution in [-0.2, 0) is 4.74 Å². The van der Waals surface area contributed by atoms with Crippen molar-refractivity contribution in [3.63, 3.8) is 0 Å². The predicted molar refractivity (Wildman–Crippen MR) is 63.9 cm³/mol. The summed E-state index contributed by atoms with van der Waals surface area (Å²) in [5, 5.41) is 11.2. The Morgan fingerprint density at radius 1 is 1.41 bits per heavy atom. The van der Waals surface area contributed by atoms with Crippen molar-refractivity contribution in [2.45, 2.75) is 6.92 Å². The highest BCUT2D eigenvalue weighted by atomic mass is 16.5. The summed E-state index contributed by atoms with van der Waals surface area (Å²) >= 11 is 0. The molecule has 0 fully saturated rings. The number of hydrogen-bond donors (Lipinski definition) is 2. The predicted octanol–water partition coefficient (Wildman–Crippen LogP) is -0.180. The Hall–Kier alpha value is -1.73. The number of nitrogens with two attached hydrogens (primary N) is 1. The molecule has 0 unspecified atom stereocenters. The fourth-order valence-electron chi connectivity index (χ4n) is 1.49. The molecule has 2 aromatic rings. The summed E-state index contributed by atoms with van der Waals surface area (Å²) in [7, 11) is 0. The first-order valence-corrected chi connectivity index (χ1v) is 5.51. The van der Waals surface area contributed by atoms with Crippen LogP contribution in [0, 0.1) is 6.92 Å². The minimum absolute atomic E-state index is 0.539. The van der Waals surface area contributed by atoms with E-state index in [0.29, 0.717) is 32.1 Å². The van der Waals surface area contributed by atoms with Gasteiger partial charge in [0.25, 0.3) is 0 Å². The molecule has 0 saturated heterocycles. The number of nitrogens with zero attached hydrogens (tertiary/aromatic N) is 4. The highest BCUT2D eigenvalue weighted by molar-refractivity contribution is 5.61. The lowest BCUT2D eigenvalue weighted by Gasteiger charge is -2.06. The average molecular weight is 236 g/mol. The van der Waals surface area contributed by atoms with Crippen LogP contribution in [0.15, 0.2) is 12.4 Å². The smallest absolute Gasteiger partial charge is 0.203 e. The van der Waals surface area contributed by atoms with Crippen LogP contribution in [0.1, 0.15) is 5.82 Å². The normalized spacial score (nSPS) is 10.9. The van der Waals surface area contributed by atoms with Crippen molar-refractivity contribution in [3.8, 4) is 0 Å². The molecular weight excluding hydrogens is 220 g/mol. The quantitative estimate of drug-likeness (QED) is 0.676. The van der Waals surface area contributed by atoms with Crippen molar-refractivity contribution in [2.75, 3.05) is 31.6 Å². The Kier molecular flexibility index (Phi) is 3.84. The molecule has 0 aromatic carbocycles. The molecule has 7 nitrogen and oxygen atoms in total. The minimum atomic E-state index is 0.539. The van der Waals surface area contributed by atoms with Gasteiger partial charge in [0.1, 0.15) is 5.82 Å². The summed E-state index contributed by atoms with van der Waals surface area (Å²) < 4.78 is 7.15. The first-order valence-electron chi connectivity index (χ1n) is 5.51. The molecule has 2 heterocycles. The topological polar surface area (TPSA) is 90.4 Å². The Morgan fingerprint density at radius 3 is 3.12 bits per heavy atom. The highest BCUT2D eigenvalue weighted by Gasteiger charge is 2.06. The summed E-state index contributed by atoms with van der Waals surface area (Å²) in [6.45, 7) is 4.26. The van der Waals surface area contributed by atoms with Crippen LogP contribution in [0.4, 0.5) is 5.82 Å². The fraction of sp³-hybridized carbons (Fsp3) is 0.500. The molecule has 0 radical (unpaired) electrons. The molecule has 0 amide bonds. The monoisotopic (exact) mass is 236 g/mol. The van der Waals surface area contributed by atoms with E-state index >= 15 is 0 Å². The molecule has 7 heteroatoms. The van der Waals surface area contributed by atoms with Crippen molar-refractivity contribution >= 4 is 11.5 Å². The summed E-state index contributed by atoms with van der Waals surface area (Å²) in [6, 6.07) is 0. The van der Waals surface area contributed by atoms with Gasteiger partial charge in [-0.1, -0.05) is 0 Å². The van der Waals surface area contributed by atoms with E-state index in [4.69, 9.17) is 10.5 Å². The molecule has 0 aliphatic heterocycles. The molecule has 2 rings (SSSR count). The average Bonchev–Trinajstić information content (AvgIpc) is 2.72. The van der Waals surface area contributed by atoms with E-state index in [1.54, 1.807) is 6.20 Å². The van der Waals surface area contributed by atoms with Gasteiger partial charge in [0.2, 0.25) is 5.65 Å². The van der Waals surface area contributed by atoms with Crippen LogP contribution in [0.25, 0.3) is 5.65 Å². The summed E-state index contributed by atoms with van der Waals surface area (Å²) in [5.41, 5.74) is 6.05. The highest BCUT2D eigenvalue weighted by Crippen LogP contribution is 2.11. The largest absolute Gasteiger partial charge is 0.378 e.